The summed E-state index contributed by atoms with van der Waals surface area (Å²) in [4.78, 5) is 27.4. The maximum absolute atomic E-state index is 13.5. The Bertz CT molecular complexity index is 1070. The third kappa shape index (κ3) is 4.50. The van der Waals surface area contributed by atoms with Crippen LogP contribution in [0.15, 0.2) is 72.8 Å². The summed E-state index contributed by atoms with van der Waals surface area (Å²) in [5.74, 6) is -1.06. The van der Waals surface area contributed by atoms with Crippen molar-refractivity contribution >= 4 is 11.6 Å². The van der Waals surface area contributed by atoms with E-state index < -0.39 is 4.92 Å². The van der Waals surface area contributed by atoms with E-state index in [1.165, 1.54) is 42.5 Å². The van der Waals surface area contributed by atoms with Crippen molar-refractivity contribution in [2.45, 2.75) is 6.04 Å². The van der Waals surface area contributed by atoms with Crippen molar-refractivity contribution in [2.75, 3.05) is 26.2 Å². The Morgan fingerprint density at radius 1 is 0.812 bits per heavy atom. The van der Waals surface area contributed by atoms with Crippen LogP contribution in [0.3, 0.4) is 0 Å². The SMILES string of the molecule is O=C(c1ccccc1[N+](=O)[O-])N1CCN(C(c2ccc(F)cc2)c2ccc(F)cc2)CC1. The van der Waals surface area contributed by atoms with E-state index in [0.29, 0.717) is 26.2 Å². The Morgan fingerprint density at radius 2 is 1.31 bits per heavy atom. The van der Waals surface area contributed by atoms with Crippen LogP contribution in [-0.2, 0) is 0 Å². The molecule has 6 nitrogen and oxygen atoms in total. The van der Waals surface area contributed by atoms with E-state index in [1.54, 1.807) is 35.2 Å². The molecule has 32 heavy (non-hydrogen) atoms. The molecule has 0 N–H and O–H groups in total. The van der Waals surface area contributed by atoms with E-state index in [9.17, 15) is 23.7 Å². The summed E-state index contributed by atoms with van der Waals surface area (Å²) in [7, 11) is 0. The number of halogens is 2. The molecule has 4 rings (SSSR count). The van der Waals surface area contributed by atoms with Gasteiger partial charge < -0.3 is 4.90 Å². The Balaban J connectivity index is 1.55. The van der Waals surface area contributed by atoms with Gasteiger partial charge in [-0.25, -0.2) is 8.78 Å². The average Bonchev–Trinajstić information content (AvgIpc) is 2.81. The van der Waals surface area contributed by atoms with Gasteiger partial charge in [0.25, 0.3) is 11.6 Å². The van der Waals surface area contributed by atoms with E-state index in [0.717, 1.165) is 11.1 Å². The normalized spacial score (nSPS) is 14.5. The Labute approximate surface area is 183 Å². The zero-order valence-corrected chi connectivity index (χ0v) is 17.2. The van der Waals surface area contributed by atoms with Crippen molar-refractivity contribution in [2.24, 2.45) is 0 Å². The second-order valence-electron chi connectivity index (χ2n) is 7.61. The molecule has 8 heteroatoms. The summed E-state index contributed by atoms with van der Waals surface area (Å²) in [5, 5.41) is 11.3. The van der Waals surface area contributed by atoms with Crippen LogP contribution in [0.25, 0.3) is 0 Å². The third-order valence-corrected chi connectivity index (χ3v) is 5.67. The largest absolute Gasteiger partial charge is 0.336 e. The number of amides is 1. The number of hydrogen-bond donors (Lipinski definition) is 0. The Hall–Kier alpha value is -3.65. The average molecular weight is 437 g/mol. The molecule has 0 saturated carbocycles. The summed E-state index contributed by atoms with van der Waals surface area (Å²) >= 11 is 0. The van der Waals surface area contributed by atoms with Crippen molar-refractivity contribution < 1.29 is 18.5 Å². The van der Waals surface area contributed by atoms with Gasteiger partial charge in [0, 0.05) is 32.2 Å². The van der Waals surface area contributed by atoms with Gasteiger partial charge in [0.2, 0.25) is 0 Å². The molecular weight excluding hydrogens is 416 g/mol. The molecule has 3 aromatic carbocycles. The fourth-order valence-electron chi connectivity index (χ4n) is 4.07. The van der Waals surface area contributed by atoms with Crippen LogP contribution in [-0.4, -0.2) is 46.8 Å². The molecule has 1 saturated heterocycles. The van der Waals surface area contributed by atoms with Gasteiger partial charge in [0.15, 0.2) is 0 Å². The van der Waals surface area contributed by atoms with Crippen LogP contribution in [0.4, 0.5) is 14.5 Å². The number of nitro groups is 1. The van der Waals surface area contributed by atoms with Crippen molar-refractivity contribution in [3.8, 4) is 0 Å². The van der Waals surface area contributed by atoms with Gasteiger partial charge >= 0.3 is 0 Å². The van der Waals surface area contributed by atoms with Crippen LogP contribution in [0.2, 0.25) is 0 Å². The predicted octanol–water partition coefficient (Wildman–Crippen LogP) is 4.42. The number of rotatable bonds is 5. The molecular formula is C24H21F2N3O3. The fourth-order valence-corrected chi connectivity index (χ4v) is 4.07. The molecule has 1 amide bonds. The molecule has 0 radical (unpaired) electrons. The number of hydrogen-bond acceptors (Lipinski definition) is 4. The van der Waals surface area contributed by atoms with Crippen LogP contribution < -0.4 is 0 Å². The standard InChI is InChI=1S/C24H21F2N3O3/c25-19-9-5-17(6-10-19)23(18-7-11-20(26)12-8-18)27-13-15-28(16-14-27)24(30)21-3-1-2-4-22(21)29(31)32/h1-12,23H,13-16H2. The van der Waals surface area contributed by atoms with Gasteiger partial charge in [-0.05, 0) is 41.5 Å². The molecule has 1 fully saturated rings. The number of para-hydroxylation sites is 1. The van der Waals surface area contributed by atoms with Gasteiger partial charge in [0.05, 0.1) is 11.0 Å². The number of carbonyl (C=O) groups is 1. The second-order valence-corrected chi connectivity index (χ2v) is 7.61. The monoisotopic (exact) mass is 437 g/mol. The van der Waals surface area contributed by atoms with E-state index in [2.05, 4.69) is 4.90 Å². The zero-order chi connectivity index (χ0) is 22.7. The minimum Gasteiger partial charge on any atom is -0.336 e. The molecule has 0 aromatic heterocycles. The van der Waals surface area contributed by atoms with E-state index >= 15 is 0 Å². The highest BCUT2D eigenvalue weighted by atomic mass is 19.1. The summed E-state index contributed by atoms with van der Waals surface area (Å²) in [6.45, 7) is 1.77. The molecule has 0 aliphatic carbocycles. The first kappa shape index (κ1) is 21.6. The maximum Gasteiger partial charge on any atom is 0.282 e. The maximum atomic E-state index is 13.5. The molecule has 0 spiro atoms. The first-order valence-corrected chi connectivity index (χ1v) is 10.2. The van der Waals surface area contributed by atoms with Gasteiger partial charge in [-0.3, -0.25) is 19.8 Å². The number of piperazine rings is 1. The first-order valence-electron chi connectivity index (χ1n) is 10.2. The quantitative estimate of drug-likeness (QED) is 0.438. The minimum atomic E-state index is -0.553. The van der Waals surface area contributed by atoms with Gasteiger partial charge in [-0.2, -0.15) is 0 Å². The minimum absolute atomic E-state index is 0.0690. The number of benzene rings is 3. The molecule has 1 aliphatic rings. The molecule has 3 aromatic rings. The van der Waals surface area contributed by atoms with E-state index in [1.807, 2.05) is 0 Å². The van der Waals surface area contributed by atoms with Crippen molar-refractivity contribution in [1.29, 1.82) is 0 Å². The highest BCUT2D eigenvalue weighted by Gasteiger charge is 2.31. The summed E-state index contributed by atoms with van der Waals surface area (Å²) in [6, 6.07) is 18.1. The van der Waals surface area contributed by atoms with Crippen molar-refractivity contribution in [1.82, 2.24) is 9.80 Å². The topological polar surface area (TPSA) is 66.7 Å². The summed E-state index contributed by atoms with van der Waals surface area (Å²) < 4.78 is 27.0. The van der Waals surface area contributed by atoms with Crippen LogP contribution in [0.1, 0.15) is 27.5 Å². The lowest BCUT2D eigenvalue weighted by Gasteiger charge is -2.39. The molecule has 164 valence electrons. The van der Waals surface area contributed by atoms with Gasteiger partial charge in [-0.15, -0.1) is 0 Å². The number of nitro benzene ring substituents is 1. The molecule has 0 unspecified atom stereocenters. The molecule has 1 heterocycles. The lowest BCUT2D eigenvalue weighted by Crippen LogP contribution is -2.50. The van der Waals surface area contributed by atoms with Crippen LogP contribution in [0, 0.1) is 21.7 Å². The number of carbonyl (C=O) groups excluding carboxylic acids is 1. The Morgan fingerprint density at radius 3 is 1.81 bits per heavy atom. The van der Waals surface area contributed by atoms with Crippen molar-refractivity contribution in [3.63, 3.8) is 0 Å². The molecule has 1 aliphatic heterocycles. The van der Waals surface area contributed by atoms with Gasteiger partial charge in [0.1, 0.15) is 17.2 Å². The highest BCUT2D eigenvalue weighted by Crippen LogP contribution is 2.30. The molecule has 0 atom stereocenters. The lowest BCUT2D eigenvalue weighted by molar-refractivity contribution is -0.385. The van der Waals surface area contributed by atoms with E-state index in [-0.39, 0.29) is 34.8 Å². The van der Waals surface area contributed by atoms with Crippen LogP contribution >= 0.6 is 0 Å². The lowest BCUT2D eigenvalue weighted by atomic mass is 9.96. The smallest absolute Gasteiger partial charge is 0.282 e. The second kappa shape index (κ2) is 9.23. The van der Waals surface area contributed by atoms with Crippen molar-refractivity contribution in [3.05, 3.63) is 111 Å². The summed E-state index contributed by atoms with van der Waals surface area (Å²) in [5.41, 5.74) is 1.57. The molecule has 0 bridgehead atoms. The van der Waals surface area contributed by atoms with E-state index in [4.69, 9.17) is 0 Å². The Kier molecular flexibility index (Phi) is 6.23. The highest BCUT2D eigenvalue weighted by molar-refractivity contribution is 5.98. The fraction of sp³-hybridized carbons (Fsp3) is 0.208. The summed E-state index contributed by atoms with van der Waals surface area (Å²) in [6.07, 6.45) is 0. The third-order valence-electron chi connectivity index (χ3n) is 5.67. The number of nitrogens with zero attached hydrogens (tertiary/aromatic N) is 3. The zero-order valence-electron chi connectivity index (χ0n) is 17.2. The van der Waals surface area contributed by atoms with Gasteiger partial charge in [-0.1, -0.05) is 36.4 Å². The predicted molar refractivity (Wildman–Crippen MR) is 115 cm³/mol. The first-order chi connectivity index (χ1) is 15.4. The van der Waals surface area contributed by atoms with Crippen LogP contribution in [0.5, 0.6) is 0 Å².